The predicted octanol–water partition coefficient (Wildman–Crippen LogP) is 3.86. The maximum Gasteiger partial charge on any atom is 0.356 e. The van der Waals surface area contributed by atoms with Crippen LogP contribution in [0.5, 0.6) is 0 Å². The highest BCUT2D eigenvalue weighted by molar-refractivity contribution is 6.31. The van der Waals surface area contributed by atoms with Crippen LogP contribution < -0.4 is 0 Å². The van der Waals surface area contributed by atoms with Crippen molar-refractivity contribution in [3.05, 3.63) is 16.4 Å². The van der Waals surface area contributed by atoms with Crippen LogP contribution in [-0.2, 0) is 0 Å². The van der Waals surface area contributed by atoms with Gasteiger partial charge >= 0.3 is 5.97 Å². The molecule has 1 saturated carbocycles. The van der Waals surface area contributed by atoms with Gasteiger partial charge in [-0.2, -0.15) is 5.10 Å². The smallest absolute Gasteiger partial charge is 0.356 e. The van der Waals surface area contributed by atoms with Gasteiger partial charge in [0.1, 0.15) is 5.15 Å². The third kappa shape index (κ3) is 2.39. The van der Waals surface area contributed by atoms with Crippen LogP contribution in [0.2, 0.25) is 5.15 Å². The van der Waals surface area contributed by atoms with E-state index in [0.29, 0.717) is 10.7 Å². The standard InChI is InChI=1S/C13H19ClN2O2/c1-8(2)10-11(13(17)18)15-16(12(10)14)9-6-4-3-5-7-9/h8-9H,3-7H2,1-2H3,(H,17,18). The molecule has 0 aliphatic heterocycles. The molecule has 100 valence electrons. The Kier molecular flexibility index (Phi) is 3.95. The van der Waals surface area contributed by atoms with Crippen LogP contribution in [0.4, 0.5) is 0 Å². The fraction of sp³-hybridized carbons (Fsp3) is 0.692. The Hall–Kier alpha value is -1.03. The molecule has 0 unspecified atom stereocenters. The summed E-state index contributed by atoms with van der Waals surface area (Å²) in [6.07, 6.45) is 5.66. The third-order valence-corrected chi connectivity index (χ3v) is 3.96. The van der Waals surface area contributed by atoms with Gasteiger partial charge in [0, 0.05) is 5.56 Å². The van der Waals surface area contributed by atoms with Gasteiger partial charge in [0.2, 0.25) is 0 Å². The van der Waals surface area contributed by atoms with Gasteiger partial charge in [0.05, 0.1) is 6.04 Å². The Morgan fingerprint density at radius 3 is 2.44 bits per heavy atom. The summed E-state index contributed by atoms with van der Waals surface area (Å²) in [6.45, 7) is 3.89. The van der Waals surface area contributed by atoms with E-state index in [9.17, 15) is 9.90 Å². The van der Waals surface area contributed by atoms with Gasteiger partial charge in [0.25, 0.3) is 0 Å². The van der Waals surface area contributed by atoms with Gasteiger partial charge in [-0.1, -0.05) is 44.7 Å². The average molecular weight is 271 g/mol. The first-order chi connectivity index (χ1) is 8.52. The molecule has 1 fully saturated rings. The Morgan fingerprint density at radius 2 is 2.00 bits per heavy atom. The van der Waals surface area contributed by atoms with Crippen molar-refractivity contribution in [1.82, 2.24) is 9.78 Å². The second-order valence-electron chi connectivity index (χ2n) is 5.25. The Bertz CT molecular complexity index is 448. The lowest BCUT2D eigenvalue weighted by atomic mass is 9.95. The summed E-state index contributed by atoms with van der Waals surface area (Å²) in [5.74, 6) is -0.920. The monoisotopic (exact) mass is 270 g/mol. The summed E-state index contributed by atoms with van der Waals surface area (Å²) in [5.41, 5.74) is 0.773. The molecule has 4 nitrogen and oxygen atoms in total. The summed E-state index contributed by atoms with van der Waals surface area (Å²) >= 11 is 6.34. The summed E-state index contributed by atoms with van der Waals surface area (Å²) < 4.78 is 1.74. The van der Waals surface area contributed by atoms with E-state index < -0.39 is 5.97 Å². The van der Waals surface area contributed by atoms with E-state index >= 15 is 0 Å². The number of carboxylic acids is 1. The fourth-order valence-electron chi connectivity index (χ4n) is 2.66. The van der Waals surface area contributed by atoms with E-state index in [1.54, 1.807) is 4.68 Å². The number of halogens is 1. The maximum atomic E-state index is 11.2. The second kappa shape index (κ2) is 5.31. The molecule has 0 atom stereocenters. The van der Waals surface area contributed by atoms with E-state index in [1.807, 2.05) is 13.8 Å². The molecule has 1 aromatic rings. The number of hydrogen-bond donors (Lipinski definition) is 1. The molecule has 1 aliphatic rings. The zero-order chi connectivity index (χ0) is 13.3. The minimum atomic E-state index is -0.991. The molecule has 0 aromatic carbocycles. The Balaban J connectivity index is 2.42. The van der Waals surface area contributed by atoms with Gasteiger partial charge in [-0.3, -0.25) is 0 Å². The number of rotatable bonds is 3. The zero-order valence-corrected chi connectivity index (χ0v) is 11.6. The van der Waals surface area contributed by atoms with Crippen molar-refractivity contribution in [2.24, 2.45) is 0 Å². The summed E-state index contributed by atoms with van der Waals surface area (Å²) in [4.78, 5) is 11.2. The maximum absolute atomic E-state index is 11.2. The van der Waals surface area contributed by atoms with Crippen LogP contribution in [0, 0.1) is 0 Å². The molecule has 0 spiro atoms. The molecule has 0 amide bonds. The third-order valence-electron chi connectivity index (χ3n) is 3.59. The molecule has 0 bridgehead atoms. The number of aromatic nitrogens is 2. The highest BCUT2D eigenvalue weighted by Gasteiger charge is 2.27. The normalized spacial score (nSPS) is 17.3. The lowest BCUT2D eigenvalue weighted by Crippen LogP contribution is -2.15. The molecule has 1 heterocycles. The molecular formula is C13H19ClN2O2. The van der Waals surface area contributed by atoms with Crippen LogP contribution in [0.25, 0.3) is 0 Å². The first kappa shape index (κ1) is 13.4. The van der Waals surface area contributed by atoms with Gasteiger partial charge in [0.15, 0.2) is 5.69 Å². The Morgan fingerprint density at radius 1 is 1.39 bits per heavy atom. The van der Waals surface area contributed by atoms with Crippen molar-refractivity contribution in [3.63, 3.8) is 0 Å². The van der Waals surface area contributed by atoms with Gasteiger partial charge in [-0.25, -0.2) is 9.48 Å². The predicted molar refractivity (Wildman–Crippen MR) is 70.4 cm³/mol. The van der Waals surface area contributed by atoms with E-state index in [1.165, 1.54) is 19.3 Å². The quantitative estimate of drug-likeness (QED) is 0.907. The van der Waals surface area contributed by atoms with E-state index in [4.69, 9.17) is 11.6 Å². The number of carboxylic acid groups (broad SMARTS) is 1. The van der Waals surface area contributed by atoms with Crippen LogP contribution in [0.1, 0.15) is 74.0 Å². The van der Waals surface area contributed by atoms with Crippen molar-refractivity contribution in [1.29, 1.82) is 0 Å². The first-order valence-corrected chi connectivity index (χ1v) is 6.91. The zero-order valence-electron chi connectivity index (χ0n) is 10.8. The first-order valence-electron chi connectivity index (χ1n) is 6.53. The molecular weight excluding hydrogens is 252 g/mol. The molecule has 0 saturated heterocycles. The van der Waals surface area contributed by atoms with Crippen molar-refractivity contribution < 1.29 is 9.90 Å². The van der Waals surface area contributed by atoms with Gasteiger partial charge in [-0.15, -0.1) is 0 Å². The molecule has 1 aliphatic carbocycles. The molecule has 1 N–H and O–H groups in total. The number of aromatic carboxylic acids is 1. The van der Waals surface area contributed by atoms with Crippen LogP contribution >= 0.6 is 11.6 Å². The highest BCUT2D eigenvalue weighted by Crippen LogP contribution is 2.35. The summed E-state index contributed by atoms with van der Waals surface area (Å²) in [6, 6.07) is 0.261. The average Bonchev–Trinajstić information content (AvgIpc) is 2.68. The number of hydrogen-bond acceptors (Lipinski definition) is 2. The Labute approximate surface area is 112 Å². The minimum absolute atomic E-state index is 0.0703. The summed E-state index contributed by atoms with van der Waals surface area (Å²) in [5, 5.41) is 14.0. The number of carbonyl (C=O) groups is 1. The van der Waals surface area contributed by atoms with E-state index in [-0.39, 0.29) is 17.7 Å². The topological polar surface area (TPSA) is 55.1 Å². The highest BCUT2D eigenvalue weighted by atomic mass is 35.5. The molecule has 1 aromatic heterocycles. The molecule has 0 radical (unpaired) electrons. The molecule has 5 heteroatoms. The van der Waals surface area contributed by atoms with E-state index in [2.05, 4.69) is 5.10 Å². The minimum Gasteiger partial charge on any atom is -0.476 e. The second-order valence-corrected chi connectivity index (χ2v) is 5.61. The lowest BCUT2D eigenvalue weighted by molar-refractivity contribution is 0.0687. The summed E-state index contributed by atoms with van der Waals surface area (Å²) in [7, 11) is 0. The molecule has 18 heavy (non-hydrogen) atoms. The number of nitrogens with zero attached hydrogens (tertiary/aromatic N) is 2. The van der Waals surface area contributed by atoms with E-state index in [0.717, 1.165) is 12.8 Å². The van der Waals surface area contributed by atoms with Crippen LogP contribution in [0.15, 0.2) is 0 Å². The van der Waals surface area contributed by atoms with Crippen molar-refractivity contribution in [3.8, 4) is 0 Å². The van der Waals surface area contributed by atoms with Crippen LogP contribution in [-0.4, -0.2) is 20.9 Å². The lowest BCUT2D eigenvalue weighted by Gasteiger charge is -2.22. The van der Waals surface area contributed by atoms with Gasteiger partial charge in [-0.05, 0) is 18.8 Å². The van der Waals surface area contributed by atoms with Crippen molar-refractivity contribution in [2.75, 3.05) is 0 Å². The van der Waals surface area contributed by atoms with Crippen LogP contribution in [0.3, 0.4) is 0 Å². The largest absolute Gasteiger partial charge is 0.476 e. The van der Waals surface area contributed by atoms with Gasteiger partial charge < -0.3 is 5.11 Å². The molecule has 2 rings (SSSR count). The SMILES string of the molecule is CC(C)c1c(C(=O)O)nn(C2CCCCC2)c1Cl. The van der Waals surface area contributed by atoms with Crippen molar-refractivity contribution >= 4 is 17.6 Å². The van der Waals surface area contributed by atoms with Crippen molar-refractivity contribution in [2.45, 2.75) is 57.9 Å². The fourth-order valence-corrected chi connectivity index (χ4v) is 3.15.